The molecule has 0 aromatic carbocycles. The van der Waals surface area contributed by atoms with E-state index in [2.05, 4.69) is 86.1 Å². The molecule has 2 heterocycles. The maximum atomic E-state index is 4.73. The van der Waals surface area contributed by atoms with Gasteiger partial charge in [-0.3, -0.25) is 4.99 Å². The van der Waals surface area contributed by atoms with Gasteiger partial charge >= 0.3 is 0 Å². The molecule has 0 bridgehead atoms. The molecule has 0 spiro atoms. The van der Waals surface area contributed by atoms with Crippen LogP contribution < -0.4 is 16.0 Å². The zero-order valence-electron chi connectivity index (χ0n) is 23.5. The van der Waals surface area contributed by atoms with Crippen LogP contribution in [0.5, 0.6) is 0 Å². The number of guanidine groups is 1. The van der Waals surface area contributed by atoms with Gasteiger partial charge in [-0.05, 0) is 97.6 Å². The molecule has 6 heteroatoms. The lowest BCUT2D eigenvalue weighted by Gasteiger charge is -2.14. The van der Waals surface area contributed by atoms with Gasteiger partial charge < -0.3 is 15.2 Å². The summed E-state index contributed by atoms with van der Waals surface area (Å²) in [6.45, 7) is 23.6. The van der Waals surface area contributed by atoms with Gasteiger partial charge in [0.1, 0.15) is 5.82 Å². The SMILES string of the molecule is C=CNC(=NCCCC1CCCN(C)CC1)/N=C(/C)Cc1n/c(=C(\C)C=C(C)C)c(=C)[nH]1.CCC. The third-order valence-electron chi connectivity index (χ3n) is 5.76. The van der Waals surface area contributed by atoms with E-state index in [1.54, 1.807) is 6.20 Å². The first-order valence-electron chi connectivity index (χ1n) is 13.2. The Bertz CT molecular complexity index is 962. The van der Waals surface area contributed by atoms with E-state index in [1.165, 1.54) is 50.8 Å². The lowest BCUT2D eigenvalue weighted by Crippen LogP contribution is -2.24. The van der Waals surface area contributed by atoms with Crippen molar-refractivity contribution in [2.24, 2.45) is 15.9 Å². The number of aromatic nitrogens is 2. The monoisotopic (exact) mass is 482 g/mol. The molecule has 6 nitrogen and oxygen atoms in total. The Hall–Kier alpha value is -2.47. The molecular weight excluding hydrogens is 432 g/mol. The van der Waals surface area contributed by atoms with Gasteiger partial charge in [0.05, 0.1) is 10.7 Å². The van der Waals surface area contributed by atoms with Crippen LogP contribution in [0.15, 0.2) is 34.4 Å². The Morgan fingerprint density at radius 3 is 2.57 bits per heavy atom. The Labute approximate surface area is 214 Å². The Morgan fingerprint density at radius 2 is 1.91 bits per heavy atom. The van der Waals surface area contributed by atoms with Gasteiger partial charge in [0.15, 0.2) is 0 Å². The van der Waals surface area contributed by atoms with Crippen molar-refractivity contribution in [3.63, 3.8) is 0 Å². The van der Waals surface area contributed by atoms with Crippen molar-refractivity contribution in [1.82, 2.24) is 20.2 Å². The maximum absolute atomic E-state index is 4.73. The summed E-state index contributed by atoms with van der Waals surface area (Å²) in [5.74, 6) is 2.31. The highest BCUT2D eigenvalue weighted by Crippen LogP contribution is 2.21. The fraction of sp³-hybridized carbons (Fsp3) is 0.621. The van der Waals surface area contributed by atoms with Crippen molar-refractivity contribution in [2.45, 2.75) is 86.5 Å². The highest BCUT2D eigenvalue weighted by molar-refractivity contribution is 5.96. The number of rotatable bonds is 8. The summed E-state index contributed by atoms with van der Waals surface area (Å²) < 4.78 is 0. The molecule has 1 saturated heterocycles. The molecule has 196 valence electrons. The summed E-state index contributed by atoms with van der Waals surface area (Å²) >= 11 is 0. The molecule has 1 aliphatic heterocycles. The zero-order valence-corrected chi connectivity index (χ0v) is 23.5. The van der Waals surface area contributed by atoms with Crippen molar-refractivity contribution in [1.29, 1.82) is 0 Å². The van der Waals surface area contributed by atoms with Crippen LogP contribution in [-0.4, -0.2) is 53.2 Å². The average molecular weight is 483 g/mol. The van der Waals surface area contributed by atoms with Crippen LogP contribution in [0.1, 0.15) is 85.9 Å². The van der Waals surface area contributed by atoms with Crippen LogP contribution >= 0.6 is 0 Å². The molecule has 1 unspecified atom stereocenters. The summed E-state index contributed by atoms with van der Waals surface area (Å²) in [6, 6.07) is 0. The molecule has 1 aliphatic rings. The topological polar surface area (TPSA) is 68.7 Å². The minimum absolute atomic E-state index is 0.618. The van der Waals surface area contributed by atoms with Crippen molar-refractivity contribution in [2.75, 3.05) is 26.7 Å². The van der Waals surface area contributed by atoms with Crippen LogP contribution in [0.25, 0.3) is 12.2 Å². The van der Waals surface area contributed by atoms with E-state index in [9.17, 15) is 0 Å². The number of nitrogens with zero attached hydrogens (tertiary/aromatic N) is 4. The first-order chi connectivity index (χ1) is 16.7. The number of aromatic amines is 1. The van der Waals surface area contributed by atoms with Gasteiger partial charge in [0, 0.05) is 18.7 Å². The summed E-state index contributed by atoms with van der Waals surface area (Å²) in [7, 11) is 2.23. The fourth-order valence-electron chi connectivity index (χ4n) is 4.20. The quantitative estimate of drug-likeness (QED) is 0.312. The molecule has 0 amide bonds. The molecule has 0 aliphatic carbocycles. The molecule has 1 aromatic rings. The molecule has 2 rings (SSSR count). The molecule has 0 saturated carbocycles. The van der Waals surface area contributed by atoms with E-state index in [0.717, 1.165) is 46.7 Å². The largest absolute Gasteiger partial charge is 0.342 e. The van der Waals surface area contributed by atoms with Crippen molar-refractivity contribution in [3.8, 4) is 0 Å². The number of H-pyrrole nitrogens is 1. The smallest absolute Gasteiger partial charge is 0.221 e. The van der Waals surface area contributed by atoms with E-state index in [1.807, 2.05) is 6.92 Å². The minimum atomic E-state index is 0.618. The lowest BCUT2D eigenvalue weighted by atomic mass is 9.95. The number of imidazole rings is 1. The van der Waals surface area contributed by atoms with E-state index >= 15 is 0 Å². The van der Waals surface area contributed by atoms with Crippen LogP contribution in [0, 0.1) is 5.92 Å². The Morgan fingerprint density at radius 1 is 1.20 bits per heavy atom. The second-order valence-electron chi connectivity index (χ2n) is 9.94. The number of likely N-dealkylation sites (tertiary alicyclic amines) is 1. The summed E-state index contributed by atoms with van der Waals surface area (Å²) in [6.07, 6.45) is 11.9. The third kappa shape index (κ3) is 12.7. The molecule has 35 heavy (non-hydrogen) atoms. The normalized spacial score (nSPS) is 18.2. The summed E-state index contributed by atoms with van der Waals surface area (Å²) in [4.78, 5) is 19.8. The van der Waals surface area contributed by atoms with E-state index < -0.39 is 0 Å². The van der Waals surface area contributed by atoms with Gasteiger partial charge in [-0.1, -0.05) is 45.1 Å². The third-order valence-corrected chi connectivity index (χ3v) is 5.76. The van der Waals surface area contributed by atoms with E-state index in [-0.39, 0.29) is 0 Å². The van der Waals surface area contributed by atoms with Gasteiger partial charge in [0.25, 0.3) is 0 Å². The second-order valence-corrected chi connectivity index (χ2v) is 9.94. The Balaban J connectivity index is 0.00000194. The second kappa shape index (κ2) is 17.0. The number of aliphatic imine (C=N–C) groups is 2. The Kier molecular flexibility index (Phi) is 14.9. The van der Waals surface area contributed by atoms with Crippen LogP contribution in [-0.2, 0) is 6.42 Å². The fourth-order valence-corrected chi connectivity index (χ4v) is 4.20. The standard InChI is InChI=1S/C26H42N6.C3H8/c1-8-27-26(28-14-9-11-23-12-10-15-32(7)16-13-23)29-21(5)18-24-30-22(6)25(31-24)20(4)17-19(2)3;1-3-2/h8,17,23H,1,6,9-16,18H2,2-5,7H3,(H,27,28)(H,30,31);3H2,1-2H3/b25-20+,29-21-;. The number of hydrogen-bond donors (Lipinski definition) is 2. The first kappa shape index (κ1) is 30.6. The van der Waals surface area contributed by atoms with Gasteiger partial charge in [0.2, 0.25) is 5.96 Å². The number of allylic oxidation sites excluding steroid dienone is 2. The van der Waals surface area contributed by atoms with Crippen molar-refractivity contribution in [3.05, 3.63) is 41.0 Å². The predicted molar refractivity (Wildman–Crippen MR) is 154 cm³/mol. The predicted octanol–water partition coefficient (Wildman–Crippen LogP) is 4.98. The van der Waals surface area contributed by atoms with Gasteiger partial charge in [-0.2, -0.15) is 0 Å². The van der Waals surface area contributed by atoms with Crippen LogP contribution in [0.3, 0.4) is 0 Å². The van der Waals surface area contributed by atoms with Crippen molar-refractivity contribution < 1.29 is 0 Å². The number of nitrogens with one attached hydrogen (secondary N) is 2. The average Bonchev–Trinajstić information content (AvgIpc) is 3.00. The summed E-state index contributed by atoms with van der Waals surface area (Å²) in [5.41, 5.74) is 3.29. The van der Waals surface area contributed by atoms with Crippen LogP contribution in [0.4, 0.5) is 0 Å². The molecule has 1 fully saturated rings. The first-order valence-corrected chi connectivity index (χ1v) is 13.2. The van der Waals surface area contributed by atoms with Crippen LogP contribution in [0.2, 0.25) is 0 Å². The molecule has 1 atom stereocenters. The van der Waals surface area contributed by atoms with Gasteiger partial charge in [-0.25, -0.2) is 9.98 Å². The molecule has 0 radical (unpaired) electrons. The minimum Gasteiger partial charge on any atom is -0.342 e. The van der Waals surface area contributed by atoms with Gasteiger partial charge in [-0.15, -0.1) is 0 Å². The van der Waals surface area contributed by atoms with E-state index in [0.29, 0.717) is 12.4 Å². The zero-order chi connectivity index (χ0) is 26.2. The van der Waals surface area contributed by atoms with Crippen molar-refractivity contribution >= 4 is 23.8 Å². The lowest BCUT2D eigenvalue weighted by molar-refractivity contribution is 0.338. The van der Waals surface area contributed by atoms with E-state index in [4.69, 9.17) is 4.98 Å². The highest BCUT2D eigenvalue weighted by atomic mass is 15.1. The highest BCUT2D eigenvalue weighted by Gasteiger charge is 2.14. The number of hydrogen-bond acceptors (Lipinski definition) is 3. The molecule has 2 N–H and O–H groups in total. The molecule has 1 aromatic heterocycles. The molecular formula is C29H50N6. The maximum Gasteiger partial charge on any atom is 0.221 e. The summed E-state index contributed by atoms with van der Waals surface area (Å²) in [5, 5.41) is 4.83.